The van der Waals surface area contributed by atoms with Crippen molar-refractivity contribution < 1.29 is 14.5 Å². The molecular weight excluding hydrogens is 300 g/mol. The molecule has 8 nitrogen and oxygen atoms in total. The maximum absolute atomic E-state index is 11.9. The van der Waals surface area contributed by atoms with Crippen molar-refractivity contribution in [3.8, 4) is 0 Å². The minimum atomic E-state index is -0.749. The van der Waals surface area contributed by atoms with Gasteiger partial charge >= 0.3 is 11.7 Å². The van der Waals surface area contributed by atoms with Crippen molar-refractivity contribution in [3.63, 3.8) is 0 Å². The number of esters is 1. The quantitative estimate of drug-likeness (QED) is 0.496. The third kappa shape index (κ3) is 3.79. The largest absolute Gasteiger partial charge is 0.462 e. The monoisotopic (exact) mass is 316 g/mol. The molecular formula is C15H16N4O4. The third-order valence-electron chi connectivity index (χ3n) is 3.16. The van der Waals surface area contributed by atoms with Crippen LogP contribution in [-0.2, 0) is 4.74 Å². The van der Waals surface area contributed by atoms with Gasteiger partial charge in [-0.05, 0) is 37.6 Å². The van der Waals surface area contributed by atoms with Crippen molar-refractivity contribution in [3.05, 3.63) is 58.0 Å². The molecule has 1 N–H and O–H groups in total. The Labute approximate surface area is 132 Å². The smallest absolute Gasteiger partial charge is 0.345 e. The number of nitrogens with one attached hydrogen (secondary N) is 1. The second-order valence-electron chi connectivity index (χ2n) is 4.68. The van der Waals surface area contributed by atoms with Crippen LogP contribution in [0.4, 0.5) is 11.5 Å². The van der Waals surface area contributed by atoms with E-state index in [2.05, 4.69) is 15.3 Å². The van der Waals surface area contributed by atoms with Gasteiger partial charge in [-0.25, -0.2) is 9.78 Å². The normalized spacial score (nSPS) is 11.6. The minimum absolute atomic E-state index is 0.0184. The van der Waals surface area contributed by atoms with Crippen molar-refractivity contribution in [2.45, 2.75) is 19.9 Å². The second-order valence-corrected chi connectivity index (χ2v) is 4.68. The van der Waals surface area contributed by atoms with Crippen LogP contribution >= 0.6 is 0 Å². The molecule has 23 heavy (non-hydrogen) atoms. The van der Waals surface area contributed by atoms with E-state index in [4.69, 9.17) is 4.74 Å². The van der Waals surface area contributed by atoms with E-state index < -0.39 is 16.6 Å². The Balaban J connectivity index is 2.37. The predicted molar refractivity (Wildman–Crippen MR) is 83.1 cm³/mol. The van der Waals surface area contributed by atoms with Gasteiger partial charge in [-0.15, -0.1) is 0 Å². The summed E-state index contributed by atoms with van der Waals surface area (Å²) in [5.41, 5.74) is 0.362. The molecule has 2 aromatic rings. The van der Waals surface area contributed by atoms with Gasteiger partial charge in [-0.3, -0.25) is 15.1 Å². The van der Waals surface area contributed by atoms with Crippen molar-refractivity contribution in [2.24, 2.45) is 0 Å². The number of hydrogen-bond donors (Lipinski definition) is 1. The van der Waals surface area contributed by atoms with Gasteiger partial charge in [0.05, 0.1) is 17.6 Å². The van der Waals surface area contributed by atoms with Crippen molar-refractivity contribution in [2.75, 3.05) is 11.9 Å². The number of anilines is 1. The zero-order valence-electron chi connectivity index (χ0n) is 12.7. The number of rotatable bonds is 6. The van der Waals surface area contributed by atoms with Crippen LogP contribution in [0.2, 0.25) is 0 Å². The lowest BCUT2D eigenvalue weighted by atomic mass is 10.1. The molecule has 0 aliphatic rings. The maximum Gasteiger partial charge on any atom is 0.345 e. The van der Waals surface area contributed by atoms with E-state index in [1.54, 1.807) is 31.5 Å². The van der Waals surface area contributed by atoms with Gasteiger partial charge in [0.1, 0.15) is 5.56 Å². The van der Waals surface area contributed by atoms with Crippen LogP contribution < -0.4 is 5.32 Å². The molecule has 0 amide bonds. The van der Waals surface area contributed by atoms with E-state index in [1.807, 2.05) is 6.92 Å². The highest BCUT2D eigenvalue weighted by Gasteiger charge is 2.27. The van der Waals surface area contributed by atoms with E-state index >= 15 is 0 Å². The summed E-state index contributed by atoms with van der Waals surface area (Å²) in [4.78, 5) is 30.5. The van der Waals surface area contributed by atoms with Gasteiger partial charge in [0, 0.05) is 18.6 Å². The molecule has 2 heterocycles. The van der Waals surface area contributed by atoms with E-state index in [0.29, 0.717) is 0 Å². The predicted octanol–water partition coefficient (Wildman–Crippen LogP) is 2.73. The van der Waals surface area contributed by atoms with Crippen LogP contribution in [0.1, 0.15) is 35.8 Å². The molecule has 2 rings (SSSR count). The highest BCUT2D eigenvalue weighted by atomic mass is 16.6. The summed E-state index contributed by atoms with van der Waals surface area (Å²) in [6.45, 7) is 3.60. The summed E-state index contributed by atoms with van der Waals surface area (Å²) in [6, 6.07) is 4.61. The molecule has 0 fully saturated rings. The number of carbonyl (C=O) groups is 1. The minimum Gasteiger partial charge on any atom is -0.462 e. The van der Waals surface area contributed by atoms with Crippen LogP contribution in [-0.4, -0.2) is 27.5 Å². The van der Waals surface area contributed by atoms with E-state index in [0.717, 1.165) is 5.56 Å². The first kappa shape index (κ1) is 16.3. The Hall–Kier alpha value is -3.03. The number of aromatic nitrogens is 2. The third-order valence-corrected chi connectivity index (χ3v) is 3.16. The second kappa shape index (κ2) is 7.30. The van der Waals surface area contributed by atoms with Gasteiger partial charge in [0.25, 0.3) is 0 Å². The van der Waals surface area contributed by atoms with Crippen LogP contribution in [0.5, 0.6) is 0 Å². The highest BCUT2D eigenvalue weighted by molar-refractivity contribution is 5.96. The van der Waals surface area contributed by atoms with Gasteiger partial charge in [0.15, 0.2) is 0 Å². The number of hydrogen-bond acceptors (Lipinski definition) is 7. The molecule has 120 valence electrons. The lowest BCUT2D eigenvalue weighted by Gasteiger charge is -2.15. The van der Waals surface area contributed by atoms with Crippen molar-refractivity contribution in [1.29, 1.82) is 0 Å². The van der Waals surface area contributed by atoms with Gasteiger partial charge in [-0.2, -0.15) is 0 Å². The molecule has 0 unspecified atom stereocenters. The molecule has 0 saturated heterocycles. The van der Waals surface area contributed by atoms with Gasteiger partial charge in [0.2, 0.25) is 5.82 Å². The topological polar surface area (TPSA) is 107 Å². The first-order chi connectivity index (χ1) is 11.0. The molecule has 1 atom stereocenters. The fourth-order valence-electron chi connectivity index (χ4n) is 2.06. The number of pyridine rings is 2. The molecule has 0 bridgehead atoms. The fraction of sp³-hybridized carbons (Fsp3) is 0.267. The van der Waals surface area contributed by atoms with Crippen molar-refractivity contribution in [1.82, 2.24) is 9.97 Å². The Bertz CT molecular complexity index is 706. The van der Waals surface area contributed by atoms with Crippen molar-refractivity contribution >= 4 is 17.5 Å². The summed E-state index contributed by atoms with van der Waals surface area (Å²) in [5.74, 6) is -0.730. The average Bonchev–Trinajstić information content (AvgIpc) is 2.55. The standard InChI is InChI=1S/C15H16N4O4/c1-3-23-15(20)12-6-9-17-14(13(12)19(21)22)18-10(2)11-4-7-16-8-5-11/h4-10H,3H2,1-2H3,(H,17,18)/t10-/m0/s1. The Morgan fingerprint density at radius 1 is 1.35 bits per heavy atom. The average molecular weight is 316 g/mol. The molecule has 8 heteroatoms. The van der Waals surface area contributed by atoms with Crippen LogP contribution in [0, 0.1) is 10.1 Å². The zero-order valence-corrected chi connectivity index (χ0v) is 12.7. The van der Waals surface area contributed by atoms with E-state index in [1.165, 1.54) is 12.3 Å². The van der Waals surface area contributed by atoms with E-state index in [9.17, 15) is 14.9 Å². The molecule has 0 saturated carbocycles. The summed E-state index contributed by atoms with van der Waals surface area (Å²) in [5, 5.41) is 14.3. The summed E-state index contributed by atoms with van der Waals surface area (Å²) in [6.07, 6.45) is 4.59. The summed E-state index contributed by atoms with van der Waals surface area (Å²) in [7, 11) is 0. The van der Waals surface area contributed by atoms with Crippen LogP contribution in [0.15, 0.2) is 36.8 Å². The van der Waals surface area contributed by atoms with Crippen LogP contribution in [0.25, 0.3) is 0 Å². The maximum atomic E-state index is 11.9. The molecule has 0 radical (unpaired) electrons. The van der Waals surface area contributed by atoms with Crippen LogP contribution in [0.3, 0.4) is 0 Å². The fourth-order valence-corrected chi connectivity index (χ4v) is 2.06. The summed E-state index contributed by atoms with van der Waals surface area (Å²) < 4.78 is 4.86. The first-order valence-electron chi connectivity index (χ1n) is 7.01. The SMILES string of the molecule is CCOC(=O)c1ccnc(N[C@@H](C)c2ccncc2)c1[N+](=O)[O-]. The lowest BCUT2D eigenvalue weighted by molar-refractivity contribution is -0.384. The molecule has 0 aromatic carbocycles. The lowest BCUT2D eigenvalue weighted by Crippen LogP contribution is -2.14. The van der Waals surface area contributed by atoms with Gasteiger partial charge in [-0.1, -0.05) is 0 Å². The molecule has 0 aliphatic heterocycles. The Kier molecular flexibility index (Phi) is 5.19. The highest BCUT2D eigenvalue weighted by Crippen LogP contribution is 2.29. The van der Waals surface area contributed by atoms with E-state index in [-0.39, 0.29) is 24.0 Å². The number of carbonyl (C=O) groups excluding carboxylic acids is 1. The first-order valence-corrected chi connectivity index (χ1v) is 7.01. The Morgan fingerprint density at radius 2 is 2.04 bits per heavy atom. The Morgan fingerprint density at radius 3 is 2.65 bits per heavy atom. The van der Waals surface area contributed by atoms with Gasteiger partial charge < -0.3 is 10.1 Å². The number of nitro groups is 1. The number of ether oxygens (including phenoxy) is 1. The molecule has 0 spiro atoms. The zero-order chi connectivity index (χ0) is 16.8. The molecule has 0 aliphatic carbocycles. The summed E-state index contributed by atoms with van der Waals surface area (Å²) >= 11 is 0. The molecule has 2 aromatic heterocycles. The number of nitrogens with zero attached hydrogens (tertiary/aromatic N) is 3.